The minimum Gasteiger partial charge on any atom is -0.369 e. The van der Waals surface area contributed by atoms with Gasteiger partial charge in [0.1, 0.15) is 0 Å². The number of hydrogen-bond acceptors (Lipinski definition) is 7. The molecule has 0 aliphatic heterocycles. The van der Waals surface area contributed by atoms with E-state index in [9.17, 15) is 4.79 Å². The zero-order chi connectivity index (χ0) is 19.1. The van der Waals surface area contributed by atoms with Crippen molar-refractivity contribution in [2.45, 2.75) is 25.3 Å². The van der Waals surface area contributed by atoms with Crippen molar-refractivity contribution in [2.75, 3.05) is 5.32 Å². The Morgan fingerprint density at radius 3 is 2.96 bits per heavy atom. The summed E-state index contributed by atoms with van der Waals surface area (Å²) in [5, 5.41) is 12.7. The van der Waals surface area contributed by atoms with E-state index in [0.717, 1.165) is 29.4 Å². The van der Waals surface area contributed by atoms with Crippen LogP contribution in [0.3, 0.4) is 0 Å². The highest BCUT2D eigenvalue weighted by Gasteiger charge is 2.28. The number of carbonyl (C=O) groups is 1. The summed E-state index contributed by atoms with van der Waals surface area (Å²) in [6.07, 6.45) is 5.77. The average Bonchev–Trinajstić information content (AvgIpc) is 3.34. The molecule has 9 heteroatoms. The van der Waals surface area contributed by atoms with Crippen LogP contribution in [0.2, 0.25) is 0 Å². The van der Waals surface area contributed by atoms with Crippen molar-refractivity contribution < 1.29 is 4.79 Å². The van der Waals surface area contributed by atoms with Crippen LogP contribution in [-0.2, 0) is 4.79 Å². The predicted octanol–water partition coefficient (Wildman–Crippen LogP) is 1.82. The van der Waals surface area contributed by atoms with E-state index in [1.54, 1.807) is 17.1 Å². The summed E-state index contributed by atoms with van der Waals surface area (Å²) >= 11 is 0. The fraction of sp³-hybridized carbons (Fsp3) is 0.263. The Bertz CT molecular complexity index is 1190. The zero-order valence-electron chi connectivity index (χ0n) is 15.0. The summed E-state index contributed by atoms with van der Waals surface area (Å²) in [6, 6.07) is 9.92. The molecule has 2 atom stereocenters. The Kier molecular flexibility index (Phi) is 3.85. The van der Waals surface area contributed by atoms with Gasteiger partial charge in [-0.2, -0.15) is 9.67 Å². The van der Waals surface area contributed by atoms with Crippen LogP contribution in [0.5, 0.6) is 0 Å². The molecule has 1 aromatic carbocycles. The van der Waals surface area contributed by atoms with Crippen LogP contribution in [0, 0.1) is 5.92 Å². The first-order chi connectivity index (χ1) is 13.7. The molecular weight excluding hydrogens is 356 g/mol. The average molecular weight is 374 g/mol. The largest absolute Gasteiger partial charge is 0.369 e. The Morgan fingerprint density at radius 1 is 1.18 bits per heavy atom. The lowest BCUT2D eigenvalue weighted by molar-refractivity contribution is -0.121. The van der Waals surface area contributed by atoms with Crippen LogP contribution in [0.25, 0.3) is 27.8 Å². The van der Waals surface area contributed by atoms with Crippen LogP contribution < -0.4 is 11.1 Å². The molecule has 0 unspecified atom stereocenters. The molecule has 28 heavy (non-hydrogen) atoms. The lowest BCUT2D eigenvalue weighted by atomic mass is 10.1. The molecule has 0 bridgehead atoms. The van der Waals surface area contributed by atoms with Crippen molar-refractivity contribution in [3.05, 3.63) is 42.7 Å². The molecular formula is C19H18N8O. The number of nitrogens with two attached hydrogens (primary N) is 1. The van der Waals surface area contributed by atoms with Crippen molar-refractivity contribution in [1.82, 2.24) is 29.9 Å². The number of benzene rings is 1. The zero-order valence-corrected chi connectivity index (χ0v) is 15.0. The van der Waals surface area contributed by atoms with Crippen LogP contribution >= 0.6 is 0 Å². The first-order valence-corrected chi connectivity index (χ1v) is 9.17. The van der Waals surface area contributed by atoms with E-state index in [2.05, 4.69) is 30.6 Å². The molecule has 1 fully saturated rings. The third kappa shape index (κ3) is 2.90. The number of nitrogens with one attached hydrogen (secondary N) is 1. The van der Waals surface area contributed by atoms with Gasteiger partial charge < -0.3 is 11.1 Å². The van der Waals surface area contributed by atoms with Crippen molar-refractivity contribution in [1.29, 1.82) is 0 Å². The highest BCUT2D eigenvalue weighted by atomic mass is 16.1. The third-order valence-corrected chi connectivity index (χ3v) is 5.19. The van der Waals surface area contributed by atoms with Gasteiger partial charge in [0.15, 0.2) is 11.2 Å². The number of rotatable bonds is 4. The van der Waals surface area contributed by atoms with Gasteiger partial charge in [-0.15, -0.1) is 5.10 Å². The molecule has 1 saturated carbocycles. The highest BCUT2D eigenvalue weighted by molar-refractivity contribution is 5.81. The smallest absolute Gasteiger partial charge is 0.225 e. The summed E-state index contributed by atoms with van der Waals surface area (Å²) in [5.41, 5.74) is 8.40. The van der Waals surface area contributed by atoms with Gasteiger partial charge in [0.25, 0.3) is 0 Å². The van der Waals surface area contributed by atoms with Gasteiger partial charge >= 0.3 is 0 Å². The molecule has 3 aromatic heterocycles. The Morgan fingerprint density at radius 2 is 2.11 bits per heavy atom. The second kappa shape index (κ2) is 6.52. The molecule has 1 aliphatic carbocycles. The summed E-state index contributed by atoms with van der Waals surface area (Å²) in [4.78, 5) is 24.7. The van der Waals surface area contributed by atoms with Crippen LogP contribution in [0.4, 0.5) is 5.95 Å². The van der Waals surface area contributed by atoms with E-state index >= 15 is 0 Å². The van der Waals surface area contributed by atoms with E-state index < -0.39 is 0 Å². The Balaban J connectivity index is 1.47. The van der Waals surface area contributed by atoms with Crippen LogP contribution in [-0.4, -0.2) is 41.9 Å². The second-order valence-corrected chi connectivity index (χ2v) is 7.04. The van der Waals surface area contributed by atoms with Crippen LogP contribution in [0.15, 0.2) is 42.7 Å². The van der Waals surface area contributed by atoms with E-state index in [0.29, 0.717) is 23.5 Å². The topological polar surface area (TPSA) is 124 Å². The maximum Gasteiger partial charge on any atom is 0.225 e. The summed E-state index contributed by atoms with van der Waals surface area (Å²) in [5.74, 6) is 0.169. The minimum atomic E-state index is -0.242. The standard InChI is InChI=1S/C19H18N8O/c20-17(28)12-3-4-13(8-12)23-19-22-10-16-18(24-19)27(26-25-16)14-5-6-15-11(9-14)2-1-7-21-15/h1-2,5-7,9-10,12-13H,3-4,8H2,(H2,20,28)(H,22,23,24)/t12-,13-/m1/s1. The van der Waals surface area contributed by atoms with Gasteiger partial charge in [-0.3, -0.25) is 9.78 Å². The molecule has 9 nitrogen and oxygen atoms in total. The highest BCUT2D eigenvalue weighted by Crippen LogP contribution is 2.27. The summed E-state index contributed by atoms with van der Waals surface area (Å²) in [6.45, 7) is 0. The molecule has 3 heterocycles. The van der Waals surface area contributed by atoms with Gasteiger partial charge in [-0.1, -0.05) is 11.3 Å². The number of amides is 1. The number of carbonyl (C=O) groups excluding carboxylic acids is 1. The van der Waals surface area contributed by atoms with E-state index in [4.69, 9.17) is 5.73 Å². The number of aromatic nitrogens is 6. The normalized spacial score (nSPS) is 19.3. The van der Waals surface area contributed by atoms with Gasteiger partial charge in [0.05, 0.1) is 17.4 Å². The molecule has 1 amide bonds. The number of pyridine rings is 1. The van der Waals surface area contributed by atoms with Gasteiger partial charge in [-0.05, 0) is 43.5 Å². The number of hydrogen-bond donors (Lipinski definition) is 2. The lowest BCUT2D eigenvalue weighted by Crippen LogP contribution is -2.23. The van der Waals surface area contributed by atoms with E-state index in [-0.39, 0.29) is 17.9 Å². The third-order valence-electron chi connectivity index (χ3n) is 5.19. The molecule has 0 saturated heterocycles. The minimum absolute atomic E-state index is 0.0837. The number of primary amides is 1. The molecule has 5 rings (SSSR count). The maximum atomic E-state index is 11.4. The van der Waals surface area contributed by atoms with Gasteiger partial charge in [0.2, 0.25) is 11.9 Å². The molecule has 0 radical (unpaired) electrons. The molecule has 4 aromatic rings. The van der Waals surface area contributed by atoms with Gasteiger partial charge in [0, 0.05) is 23.5 Å². The quantitative estimate of drug-likeness (QED) is 0.558. The van der Waals surface area contributed by atoms with Crippen molar-refractivity contribution >= 4 is 33.9 Å². The summed E-state index contributed by atoms with van der Waals surface area (Å²) in [7, 11) is 0. The lowest BCUT2D eigenvalue weighted by Gasteiger charge is -2.12. The fourth-order valence-electron chi connectivity index (χ4n) is 3.72. The van der Waals surface area contributed by atoms with Crippen molar-refractivity contribution in [2.24, 2.45) is 11.7 Å². The number of anilines is 1. The Hall–Kier alpha value is -3.62. The molecule has 0 spiro atoms. The van der Waals surface area contributed by atoms with Crippen LogP contribution in [0.1, 0.15) is 19.3 Å². The molecule has 140 valence electrons. The monoisotopic (exact) mass is 374 g/mol. The predicted molar refractivity (Wildman–Crippen MR) is 104 cm³/mol. The fourth-order valence-corrected chi connectivity index (χ4v) is 3.72. The number of fused-ring (bicyclic) bond motifs is 2. The Labute approximate surface area is 160 Å². The second-order valence-electron chi connectivity index (χ2n) is 7.04. The molecule has 1 aliphatic rings. The SMILES string of the molecule is NC(=O)[C@@H]1CC[C@@H](Nc2ncc3nnn(-c4ccc5ncccc5c4)c3n2)C1. The van der Waals surface area contributed by atoms with E-state index in [1.807, 2.05) is 30.3 Å². The van der Waals surface area contributed by atoms with Crippen molar-refractivity contribution in [3.63, 3.8) is 0 Å². The number of nitrogens with zero attached hydrogens (tertiary/aromatic N) is 6. The maximum absolute atomic E-state index is 11.4. The first kappa shape index (κ1) is 16.5. The van der Waals surface area contributed by atoms with E-state index in [1.165, 1.54) is 0 Å². The van der Waals surface area contributed by atoms with Gasteiger partial charge in [-0.25, -0.2) is 4.98 Å². The summed E-state index contributed by atoms with van der Waals surface area (Å²) < 4.78 is 1.69. The first-order valence-electron chi connectivity index (χ1n) is 9.17. The molecule has 3 N–H and O–H groups in total. The van der Waals surface area contributed by atoms with Crippen molar-refractivity contribution in [3.8, 4) is 5.69 Å².